The molecule has 0 aliphatic carbocycles. The van der Waals surface area contributed by atoms with E-state index in [1.165, 1.54) is 0 Å². The number of hydrogen-bond donors (Lipinski definition) is 1. The Morgan fingerprint density at radius 1 is 1.42 bits per heavy atom. The SMILES string of the molecule is CCCC(=O)C1CCNCC1.Cl. The molecule has 3 heteroatoms. The summed E-state index contributed by atoms with van der Waals surface area (Å²) in [6, 6.07) is 0. The molecule has 1 N–H and O–H groups in total. The lowest BCUT2D eigenvalue weighted by atomic mass is 9.91. The average molecular weight is 192 g/mol. The van der Waals surface area contributed by atoms with Crippen LogP contribution >= 0.6 is 12.4 Å². The molecule has 2 nitrogen and oxygen atoms in total. The number of carbonyl (C=O) groups excluding carboxylic acids is 1. The van der Waals surface area contributed by atoms with Gasteiger partial charge in [-0.25, -0.2) is 0 Å². The number of halogens is 1. The Balaban J connectivity index is 0.00000121. The Morgan fingerprint density at radius 2 is 2.00 bits per heavy atom. The lowest BCUT2D eigenvalue weighted by Crippen LogP contribution is -2.31. The van der Waals surface area contributed by atoms with Gasteiger partial charge in [0.2, 0.25) is 0 Å². The van der Waals surface area contributed by atoms with E-state index >= 15 is 0 Å². The molecule has 12 heavy (non-hydrogen) atoms. The van der Waals surface area contributed by atoms with Crippen LogP contribution in [0.5, 0.6) is 0 Å². The molecule has 0 saturated carbocycles. The summed E-state index contributed by atoms with van der Waals surface area (Å²) in [4.78, 5) is 11.4. The van der Waals surface area contributed by atoms with Crippen molar-refractivity contribution in [3.8, 4) is 0 Å². The minimum Gasteiger partial charge on any atom is -0.317 e. The van der Waals surface area contributed by atoms with Crippen LogP contribution < -0.4 is 5.32 Å². The summed E-state index contributed by atoms with van der Waals surface area (Å²) in [5, 5.41) is 3.26. The van der Waals surface area contributed by atoms with Gasteiger partial charge < -0.3 is 5.32 Å². The minimum atomic E-state index is 0. The Hall–Kier alpha value is -0.0800. The highest BCUT2D eigenvalue weighted by Crippen LogP contribution is 2.14. The van der Waals surface area contributed by atoms with Crippen LogP contribution in [0.2, 0.25) is 0 Å². The van der Waals surface area contributed by atoms with E-state index in [0.29, 0.717) is 11.7 Å². The molecule has 0 aromatic heterocycles. The fraction of sp³-hybridized carbons (Fsp3) is 0.889. The maximum absolute atomic E-state index is 11.4. The molecule has 1 saturated heterocycles. The second-order valence-electron chi connectivity index (χ2n) is 3.24. The maximum Gasteiger partial charge on any atom is 0.136 e. The first-order valence-corrected chi connectivity index (χ1v) is 4.58. The zero-order valence-electron chi connectivity index (χ0n) is 7.64. The Labute approximate surface area is 80.5 Å². The molecular formula is C9H18ClNO. The summed E-state index contributed by atoms with van der Waals surface area (Å²) in [5.74, 6) is 0.852. The van der Waals surface area contributed by atoms with Gasteiger partial charge in [-0.05, 0) is 32.4 Å². The summed E-state index contributed by atoms with van der Waals surface area (Å²) < 4.78 is 0. The van der Waals surface area contributed by atoms with E-state index in [2.05, 4.69) is 12.2 Å². The van der Waals surface area contributed by atoms with E-state index in [1.807, 2.05) is 0 Å². The second kappa shape index (κ2) is 6.44. The van der Waals surface area contributed by atoms with Crippen molar-refractivity contribution >= 4 is 18.2 Å². The number of hydrogen-bond acceptors (Lipinski definition) is 2. The van der Waals surface area contributed by atoms with Gasteiger partial charge in [-0.2, -0.15) is 0 Å². The van der Waals surface area contributed by atoms with Gasteiger partial charge in [0, 0.05) is 12.3 Å². The van der Waals surface area contributed by atoms with Crippen LogP contribution in [0, 0.1) is 5.92 Å². The van der Waals surface area contributed by atoms with E-state index in [-0.39, 0.29) is 12.4 Å². The van der Waals surface area contributed by atoms with Gasteiger partial charge in [0.05, 0.1) is 0 Å². The van der Waals surface area contributed by atoms with Gasteiger partial charge in [-0.3, -0.25) is 4.79 Å². The van der Waals surface area contributed by atoms with Crippen molar-refractivity contribution in [2.75, 3.05) is 13.1 Å². The fourth-order valence-electron chi connectivity index (χ4n) is 1.59. The summed E-state index contributed by atoms with van der Waals surface area (Å²) >= 11 is 0. The van der Waals surface area contributed by atoms with E-state index in [0.717, 1.165) is 38.8 Å². The number of rotatable bonds is 3. The van der Waals surface area contributed by atoms with Gasteiger partial charge in [-0.15, -0.1) is 12.4 Å². The first-order valence-electron chi connectivity index (χ1n) is 4.58. The van der Waals surface area contributed by atoms with Crippen molar-refractivity contribution in [2.24, 2.45) is 5.92 Å². The van der Waals surface area contributed by atoms with E-state index < -0.39 is 0 Å². The standard InChI is InChI=1S/C9H17NO.ClH/c1-2-3-9(11)8-4-6-10-7-5-8;/h8,10H,2-7H2,1H3;1H. The Bertz CT molecular complexity index is 132. The maximum atomic E-state index is 11.4. The van der Waals surface area contributed by atoms with Crippen molar-refractivity contribution in [2.45, 2.75) is 32.6 Å². The van der Waals surface area contributed by atoms with Crippen molar-refractivity contribution in [1.29, 1.82) is 0 Å². The zero-order valence-corrected chi connectivity index (χ0v) is 8.45. The third kappa shape index (κ3) is 3.55. The molecular weight excluding hydrogens is 174 g/mol. The molecule has 0 radical (unpaired) electrons. The highest BCUT2D eigenvalue weighted by atomic mass is 35.5. The fourth-order valence-corrected chi connectivity index (χ4v) is 1.59. The molecule has 1 aliphatic rings. The summed E-state index contributed by atoms with van der Waals surface area (Å²) in [6.45, 7) is 4.12. The molecule has 0 aromatic rings. The molecule has 0 amide bonds. The molecule has 0 aromatic carbocycles. The molecule has 72 valence electrons. The summed E-state index contributed by atoms with van der Waals surface area (Å²) in [7, 11) is 0. The number of Topliss-reactive ketones (excluding diaryl/α,β-unsaturated/α-hetero) is 1. The minimum absolute atomic E-state index is 0. The van der Waals surface area contributed by atoms with Gasteiger partial charge in [0.1, 0.15) is 5.78 Å². The number of piperidine rings is 1. The van der Waals surface area contributed by atoms with Gasteiger partial charge in [0.15, 0.2) is 0 Å². The van der Waals surface area contributed by atoms with E-state index in [1.54, 1.807) is 0 Å². The molecule has 0 unspecified atom stereocenters. The van der Waals surface area contributed by atoms with Crippen LogP contribution in [0.25, 0.3) is 0 Å². The van der Waals surface area contributed by atoms with Crippen molar-refractivity contribution < 1.29 is 4.79 Å². The monoisotopic (exact) mass is 191 g/mol. The smallest absolute Gasteiger partial charge is 0.136 e. The second-order valence-corrected chi connectivity index (χ2v) is 3.24. The highest BCUT2D eigenvalue weighted by Gasteiger charge is 2.19. The first kappa shape index (κ1) is 11.9. The van der Waals surface area contributed by atoms with Gasteiger partial charge in [0.25, 0.3) is 0 Å². The summed E-state index contributed by atoms with van der Waals surface area (Å²) in [6.07, 6.45) is 3.89. The Morgan fingerprint density at radius 3 is 2.50 bits per heavy atom. The van der Waals surface area contributed by atoms with E-state index in [4.69, 9.17) is 0 Å². The topological polar surface area (TPSA) is 29.1 Å². The van der Waals surface area contributed by atoms with Crippen LogP contribution in [0.15, 0.2) is 0 Å². The Kier molecular flexibility index (Phi) is 6.39. The molecule has 0 bridgehead atoms. The lowest BCUT2D eigenvalue weighted by molar-refractivity contribution is -0.123. The number of ketones is 1. The molecule has 1 rings (SSSR count). The van der Waals surface area contributed by atoms with Crippen LogP contribution in [-0.2, 0) is 4.79 Å². The molecule has 1 heterocycles. The first-order chi connectivity index (χ1) is 5.34. The van der Waals surface area contributed by atoms with Gasteiger partial charge in [-0.1, -0.05) is 6.92 Å². The third-order valence-electron chi connectivity index (χ3n) is 2.29. The van der Waals surface area contributed by atoms with Crippen molar-refractivity contribution in [3.05, 3.63) is 0 Å². The summed E-state index contributed by atoms with van der Waals surface area (Å²) in [5.41, 5.74) is 0. The van der Waals surface area contributed by atoms with Crippen LogP contribution in [0.3, 0.4) is 0 Å². The molecule has 0 spiro atoms. The molecule has 1 aliphatic heterocycles. The van der Waals surface area contributed by atoms with Crippen molar-refractivity contribution in [3.63, 3.8) is 0 Å². The molecule has 1 fully saturated rings. The predicted octanol–water partition coefficient (Wildman–Crippen LogP) is 1.78. The van der Waals surface area contributed by atoms with E-state index in [9.17, 15) is 4.79 Å². The third-order valence-corrected chi connectivity index (χ3v) is 2.29. The number of carbonyl (C=O) groups is 1. The predicted molar refractivity (Wildman–Crippen MR) is 52.8 cm³/mol. The highest BCUT2D eigenvalue weighted by molar-refractivity contribution is 5.85. The molecule has 0 atom stereocenters. The average Bonchev–Trinajstić information content (AvgIpc) is 2.07. The largest absolute Gasteiger partial charge is 0.317 e. The van der Waals surface area contributed by atoms with Crippen LogP contribution in [-0.4, -0.2) is 18.9 Å². The lowest BCUT2D eigenvalue weighted by Gasteiger charge is -2.20. The van der Waals surface area contributed by atoms with Gasteiger partial charge >= 0.3 is 0 Å². The van der Waals surface area contributed by atoms with Crippen LogP contribution in [0.1, 0.15) is 32.6 Å². The quantitative estimate of drug-likeness (QED) is 0.737. The normalized spacial score (nSPS) is 18.4. The zero-order chi connectivity index (χ0) is 8.10. The van der Waals surface area contributed by atoms with Crippen molar-refractivity contribution in [1.82, 2.24) is 5.32 Å². The van der Waals surface area contributed by atoms with Crippen LogP contribution in [0.4, 0.5) is 0 Å². The number of nitrogens with one attached hydrogen (secondary N) is 1.